The zero-order valence-corrected chi connectivity index (χ0v) is 52.1. The molecule has 0 amide bonds. The van der Waals surface area contributed by atoms with Crippen LogP contribution in [-0.4, -0.2) is 47.9 Å². The molecule has 2 unspecified atom stereocenters. The van der Waals surface area contributed by atoms with Crippen LogP contribution in [0.2, 0.25) is 0 Å². The van der Waals surface area contributed by atoms with Crippen LogP contribution in [0.25, 0.3) is 22.3 Å². The predicted molar refractivity (Wildman–Crippen MR) is 384 cm³/mol. The highest BCUT2D eigenvalue weighted by Crippen LogP contribution is 2.48. The number of aliphatic hydroxyl groups excluding tert-OH is 2. The highest BCUT2D eigenvalue weighted by Gasteiger charge is 2.33. The van der Waals surface area contributed by atoms with Crippen molar-refractivity contribution >= 4 is 68.5 Å². The Morgan fingerprint density at radius 3 is 0.755 bits per heavy atom. The maximum atomic E-state index is 11.5. The van der Waals surface area contributed by atoms with Crippen molar-refractivity contribution < 1.29 is 19.7 Å². The lowest BCUT2D eigenvalue weighted by Crippen LogP contribution is -2.17. The number of methoxy groups -OCH3 is 2. The van der Waals surface area contributed by atoms with Gasteiger partial charge in [-0.15, -0.1) is 0 Å². The Balaban J connectivity index is 1.21. The summed E-state index contributed by atoms with van der Waals surface area (Å²) in [6.07, 6.45) is 0. The van der Waals surface area contributed by atoms with Crippen molar-refractivity contribution in [1.29, 1.82) is 0 Å². The second kappa shape index (κ2) is 30.6. The molecule has 0 heterocycles. The Morgan fingerprint density at radius 1 is 0.287 bits per heavy atom. The lowest BCUT2D eigenvalue weighted by atomic mass is 9.71. The maximum absolute atomic E-state index is 11.5. The van der Waals surface area contributed by atoms with E-state index < -0.39 is 11.8 Å². The molecule has 12 aromatic carbocycles. The first-order valence-electron chi connectivity index (χ1n) is 31.1. The van der Waals surface area contributed by atoms with Gasteiger partial charge in [0.1, 0.15) is 11.5 Å². The van der Waals surface area contributed by atoms with E-state index in [0.717, 1.165) is 89.5 Å². The first kappa shape index (κ1) is 62.2. The molecule has 0 bridgehead atoms. The zero-order valence-electron chi connectivity index (χ0n) is 52.1. The van der Waals surface area contributed by atoms with E-state index in [1.807, 2.05) is 243 Å². The van der Waals surface area contributed by atoms with Crippen LogP contribution < -0.4 is 9.47 Å². The van der Waals surface area contributed by atoms with Gasteiger partial charge in [0.2, 0.25) is 0 Å². The first-order chi connectivity index (χ1) is 46.5. The SMILES string of the molecule is COc1ccc(C(c2ccc(CO)c(C(=C=Nc3ccccc3)c3ccccc3)c2)C(c2ccc(CO)c(C(=C=Nc3ccccc3)c3ccccc3)c2)c2ccc(OC)c(C(=C=Nc3ccccc3)c3ccccc3)c2)cc1C(=C=Nc1ccccc1)c1ccccc1. The first-order valence-corrected chi connectivity index (χ1v) is 31.1. The van der Waals surface area contributed by atoms with E-state index in [1.165, 1.54) is 0 Å². The molecule has 0 aromatic heterocycles. The van der Waals surface area contributed by atoms with Crippen LogP contribution in [0.5, 0.6) is 11.5 Å². The molecule has 0 aliphatic heterocycles. The number of ether oxygens (including phenoxy) is 2. The smallest absolute Gasteiger partial charge is 0.127 e. The topological polar surface area (TPSA) is 108 Å². The molecule has 454 valence electrons. The molecular weight excluding hydrogens is 1150 g/mol. The summed E-state index contributed by atoms with van der Waals surface area (Å²) < 4.78 is 12.7. The van der Waals surface area contributed by atoms with E-state index in [0.29, 0.717) is 44.9 Å². The van der Waals surface area contributed by atoms with E-state index in [9.17, 15) is 10.2 Å². The van der Waals surface area contributed by atoms with Gasteiger partial charge in [0, 0.05) is 23.0 Å². The number of hydrogen-bond donors (Lipinski definition) is 2. The number of nitrogens with zero attached hydrogens (tertiary/aromatic N) is 4. The fourth-order valence-electron chi connectivity index (χ4n) is 11.7. The van der Waals surface area contributed by atoms with Crippen molar-refractivity contribution in [3.05, 3.63) is 393 Å². The zero-order chi connectivity index (χ0) is 64.3. The molecule has 94 heavy (non-hydrogen) atoms. The molecule has 2 atom stereocenters. The monoisotopic (exact) mass is 1220 g/mol. The van der Waals surface area contributed by atoms with Crippen molar-refractivity contribution in [2.24, 2.45) is 20.0 Å². The van der Waals surface area contributed by atoms with Crippen LogP contribution >= 0.6 is 0 Å². The van der Waals surface area contributed by atoms with Gasteiger partial charge in [0.15, 0.2) is 0 Å². The summed E-state index contributed by atoms with van der Waals surface area (Å²) in [7, 11) is 3.37. The number of aliphatic hydroxyl groups is 2. The second-order valence-electron chi connectivity index (χ2n) is 22.2. The van der Waals surface area contributed by atoms with Crippen molar-refractivity contribution in [3.8, 4) is 11.5 Å². The lowest BCUT2D eigenvalue weighted by Gasteiger charge is -2.32. The molecule has 12 aromatic rings. The Kier molecular flexibility index (Phi) is 20.3. The van der Waals surface area contributed by atoms with Crippen LogP contribution in [0, 0.1) is 0 Å². The largest absolute Gasteiger partial charge is 0.496 e. The van der Waals surface area contributed by atoms with Gasteiger partial charge in [-0.3, -0.25) is 0 Å². The molecule has 0 spiro atoms. The van der Waals surface area contributed by atoms with Crippen LogP contribution in [0.4, 0.5) is 22.7 Å². The summed E-state index contributed by atoms with van der Waals surface area (Å²) in [5, 5.41) is 23.0. The van der Waals surface area contributed by atoms with Gasteiger partial charge in [-0.2, -0.15) is 0 Å². The van der Waals surface area contributed by atoms with E-state index in [2.05, 4.69) is 96.3 Å². The molecule has 0 radical (unpaired) electrons. The van der Waals surface area contributed by atoms with Gasteiger partial charge in [0.05, 0.1) is 72.5 Å². The molecule has 8 heteroatoms. The fourth-order valence-corrected chi connectivity index (χ4v) is 11.7. The Bertz CT molecular complexity index is 4220. The van der Waals surface area contributed by atoms with Crippen molar-refractivity contribution in [2.45, 2.75) is 25.0 Å². The van der Waals surface area contributed by atoms with Gasteiger partial charge in [-0.25, -0.2) is 20.0 Å². The van der Waals surface area contributed by atoms with E-state index in [4.69, 9.17) is 29.4 Å². The standard InChI is InChI=1S/C86H66N4O4/c1-93-83-49-47-67(53-77(83)81(63-31-15-5-16-32-63)57-89-73-39-23-9-24-40-73)85(65-43-45-69(59-91)75(51-65)79(61-27-11-3-12-28-61)55-87-71-35-19-7-20-36-71)86(66-44-46-70(60-92)76(52-66)80(62-29-13-4-14-30-62)56-88-72-37-21-8-22-38-72)68-48-50-84(94-2)78(54-68)82(64-33-17-6-18-34-64)58-90-74-41-25-10-26-42-74/h3-54,85-86,91-92H,59-60H2,1-2H3. The van der Waals surface area contributed by atoms with Gasteiger partial charge >= 0.3 is 0 Å². The summed E-state index contributed by atoms with van der Waals surface area (Å²) in [6, 6.07) is 105. The van der Waals surface area contributed by atoms with Crippen LogP contribution in [0.3, 0.4) is 0 Å². The highest BCUT2D eigenvalue weighted by molar-refractivity contribution is 6.04. The third-order valence-electron chi connectivity index (χ3n) is 16.4. The lowest BCUT2D eigenvalue weighted by molar-refractivity contribution is 0.281. The minimum absolute atomic E-state index is 0.266. The number of hydrogen-bond acceptors (Lipinski definition) is 8. The minimum Gasteiger partial charge on any atom is -0.496 e. The van der Waals surface area contributed by atoms with Crippen molar-refractivity contribution in [3.63, 3.8) is 0 Å². The molecule has 12 rings (SSSR count). The number of para-hydroxylation sites is 4. The summed E-state index contributed by atoms with van der Waals surface area (Å²) in [5.74, 6) is 14.1. The fraction of sp³-hybridized carbons (Fsp3) is 0.0698. The average Bonchev–Trinajstić information content (AvgIpc) is 0.763. The average molecular weight is 1220 g/mol. The van der Waals surface area contributed by atoms with E-state index >= 15 is 0 Å². The van der Waals surface area contributed by atoms with Crippen LogP contribution in [0.15, 0.2) is 335 Å². The predicted octanol–water partition coefficient (Wildman–Crippen LogP) is 19.4. The molecule has 0 aliphatic carbocycles. The molecule has 0 aliphatic rings. The van der Waals surface area contributed by atoms with Gasteiger partial charge in [0.25, 0.3) is 0 Å². The normalized spacial score (nSPS) is 11.2. The summed E-state index contributed by atoms with van der Waals surface area (Å²) in [6.45, 7) is -0.532. The third-order valence-corrected chi connectivity index (χ3v) is 16.4. The number of aliphatic imine (C=N–C) groups is 4. The Morgan fingerprint density at radius 2 is 0.511 bits per heavy atom. The summed E-state index contributed by atoms with van der Waals surface area (Å²) >= 11 is 0. The number of rotatable bonds is 21. The Hall–Kier alpha value is -12.0. The maximum Gasteiger partial charge on any atom is 0.127 e. The minimum atomic E-state index is -0.583. The quantitative estimate of drug-likeness (QED) is 0.0699. The van der Waals surface area contributed by atoms with Gasteiger partial charge in [-0.1, -0.05) is 231 Å². The molecule has 0 fully saturated rings. The van der Waals surface area contributed by atoms with Crippen molar-refractivity contribution in [2.75, 3.05) is 14.2 Å². The van der Waals surface area contributed by atoms with Gasteiger partial charge < -0.3 is 19.7 Å². The van der Waals surface area contributed by atoms with Gasteiger partial charge in [-0.05, 0) is 175 Å². The third kappa shape index (κ3) is 14.7. The summed E-state index contributed by atoms with van der Waals surface area (Å²) in [4.78, 5) is 19.8. The van der Waals surface area contributed by atoms with E-state index in [1.54, 1.807) is 14.2 Å². The molecule has 0 saturated carbocycles. The molecule has 2 N–H and O–H groups in total. The second-order valence-corrected chi connectivity index (χ2v) is 22.2. The van der Waals surface area contributed by atoms with Crippen LogP contribution in [-0.2, 0) is 13.2 Å². The van der Waals surface area contributed by atoms with Crippen molar-refractivity contribution in [1.82, 2.24) is 0 Å². The summed E-state index contributed by atoms with van der Waals surface area (Å²) in [5.41, 5.74) is 17.2. The number of benzene rings is 12. The van der Waals surface area contributed by atoms with E-state index in [-0.39, 0.29) is 13.2 Å². The Labute approximate surface area is 549 Å². The highest BCUT2D eigenvalue weighted by atomic mass is 16.5. The molecule has 0 saturated heterocycles. The molecular formula is C86H66N4O4. The van der Waals surface area contributed by atoms with Crippen LogP contribution in [0.1, 0.15) is 89.7 Å². The molecule has 8 nitrogen and oxygen atoms in total.